The SMILES string of the molecule is CCN(Cc1cc(CO)ccc1OC)c1cccc(C)c1. The minimum atomic E-state index is 0.0492. The predicted octanol–water partition coefficient (Wildman–Crippen LogP) is 3.52. The molecule has 21 heavy (non-hydrogen) atoms. The fourth-order valence-corrected chi connectivity index (χ4v) is 2.47. The van der Waals surface area contributed by atoms with Gasteiger partial charge in [-0.2, -0.15) is 0 Å². The Hall–Kier alpha value is -2.00. The van der Waals surface area contributed by atoms with E-state index >= 15 is 0 Å². The standard InChI is InChI=1S/C18H23NO2/c1-4-19(17-7-5-6-14(2)10-17)12-16-11-15(13-20)8-9-18(16)21-3/h5-11,20H,4,12-13H2,1-3H3. The zero-order valence-electron chi connectivity index (χ0n) is 13.0. The van der Waals surface area contributed by atoms with E-state index in [9.17, 15) is 5.11 Å². The number of rotatable bonds is 6. The van der Waals surface area contributed by atoms with Gasteiger partial charge in [-0.15, -0.1) is 0 Å². The molecule has 0 saturated carbocycles. The molecule has 0 amide bonds. The van der Waals surface area contributed by atoms with E-state index in [2.05, 4.69) is 43.0 Å². The summed E-state index contributed by atoms with van der Waals surface area (Å²) >= 11 is 0. The number of anilines is 1. The van der Waals surface area contributed by atoms with Crippen molar-refractivity contribution in [1.29, 1.82) is 0 Å². The quantitative estimate of drug-likeness (QED) is 0.881. The molecule has 3 nitrogen and oxygen atoms in total. The minimum Gasteiger partial charge on any atom is -0.496 e. The predicted molar refractivity (Wildman–Crippen MR) is 86.8 cm³/mol. The number of ether oxygens (including phenoxy) is 1. The molecule has 0 aliphatic carbocycles. The summed E-state index contributed by atoms with van der Waals surface area (Å²) in [6, 6.07) is 14.3. The highest BCUT2D eigenvalue weighted by Crippen LogP contribution is 2.25. The molecule has 0 atom stereocenters. The first-order chi connectivity index (χ1) is 10.2. The Morgan fingerprint density at radius 1 is 1.14 bits per heavy atom. The van der Waals surface area contributed by atoms with E-state index in [1.807, 2.05) is 18.2 Å². The third kappa shape index (κ3) is 3.76. The summed E-state index contributed by atoms with van der Waals surface area (Å²) in [5.41, 5.74) is 4.45. The van der Waals surface area contributed by atoms with Crippen molar-refractivity contribution in [3.8, 4) is 5.75 Å². The first-order valence-electron chi connectivity index (χ1n) is 7.26. The molecular weight excluding hydrogens is 262 g/mol. The average molecular weight is 285 g/mol. The molecule has 0 aliphatic heterocycles. The number of aliphatic hydroxyl groups is 1. The van der Waals surface area contributed by atoms with Crippen LogP contribution >= 0.6 is 0 Å². The fourth-order valence-electron chi connectivity index (χ4n) is 2.47. The summed E-state index contributed by atoms with van der Waals surface area (Å²) in [6.45, 7) is 5.97. The van der Waals surface area contributed by atoms with Crippen LogP contribution in [0.3, 0.4) is 0 Å². The van der Waals surface area contributed by atoms with Gasteiger partial charge in [0.05, 0.1) is 13.7 Å². The van der Waals surface area contributed by atoms with Crippen molar-refractivity contribution < 1.29 is 9.84 Å². The van der Waals surface area contributed by atoms with E-state index in [0.717, 1.165) is 30.0 Å². The molecule has 2 aromatic carbocycles. The van der Waals surface area contributed by atoms with Crippen molar-refractivity contribution in [2.24, 2.45) is 0 Å². The summed E-state index contributed by atoms with van der Waals surface area (Å²) in [5.74, 6) is 0.860. The first-order valence-corrected chi connectivity index (χ1v) is 7.26. The summed E-state index contributed by atoms with van der Waals surface area (Å²) in [7, 11) is 1.68. The molecule has 0 aromatic heterocycles. The van der Waals surface area contributed by atoms with Crippen molar-refractivity contribution in [1.82, 2.24) is 0 Å². The Labute approximate surface area is 126 Å². The molecule has 2 aromatic rings. The van der Waals surface area contributed by atoms with Crippen molar-refractivity contribution >= 4 is 5.69 Å². The van der Waals surface area contributed by atoms with Crippen molar-refractivity contribution in [3.05, 3.63) is 59.2 Å². The second-order valence-electron chi connectivity index (χ2n) is 5.16. The highest BCUT2D eigenvalue weighted by molar-refractivity contribution is 5.50. The van der Waals surface area contributed by atoms with Crippen LogP contribution in [0.15, 0.2) is 42.5 Å². The zero-order valence-corrected chi connectivity index (χ0v) is 13.0. The lowest BCUT2D eigenvalue weighted by Gasteiger charge is -2.25. The van der Waals surface area contributed by atoms with Crippen molar-refractivity contribution in [2.75, 3.05) is 18.6 Å². The Morgan fingerprint density at radius 2 is 1.95 bits per heavy atom. The second-order valence-corrected chi connectivity index (χ2v) is 5.16. The largest absolute Gasteiger partial charge is 0.496 e. The third-order valence-corrected chi connectivity index (χ3v) is 3.64. The highest BCUT2D eigenvalue weighted by atomic mass is 16.5. The first kappa shape index (κ1) is 15.4. The molecule has 0 saturated heterocycles. The second kappa shape index (κ2) is 7.14. The molecule has 112 valence electrons. The van der Waals surface area contributed by atoms with Crippen LogP contribution < -0.4 is 9.64 Å². The molecule has 2 rings (SSSR count). The normalized spacial score (nSPS) is 10.5. The van der Waals surface area contributed by atoms with Crippen molar-refractivity contribution in [3.63, 3.8) is 0 Å². The van der Waals surface area contributed by atoms with Gasteiger partial charge in [-0.25, -0.2) is 0 Å². The maximum atomic E-state index is 9.32. The Balaban J connectivity index is 2.29. The Morgan fingerprint density at radius 3 is 2.57 bits per heavy atom. The molecule has 0 fully saturated rings. The van der Waals surface area contributed by atoms with Gasteiger partial charge in [0.15, 0.2) is 0 Å². The number of benzene rings is 2. The van der Waals surface area contributed by atoms with Crippen molar-refractivity contribution in [2.45, 2.75) is 27.0 Å². The molecule has 0 unspecified atom stereocenters. The fraction of sp³-hybridized carbons (Fsp3) is 0.333. The summed E-state index contributed by atoms with van der Waals surface area (Å²) in [6.07, 6.45) is 0. The van der Waals surface area contributed by atoms with E-state index in [0.29, 0.717) is 0 Å². The lowest BCUT2D eigenvalue weighted by atomic mass is 10.1. The maximum absolute atomic E-state index is 9.32. The lowest BCUT2D eigenvalue weighted by Crippen LogP contribution is -2.22. The molecule has 0 spiro atoms. The maximum Gasteiger partial charge on any atom is 0.123 e. The number of aliphatic hydroxyl groups excluding tert-OH is 1. The van der Waals surface area contributed by atoms with Gasteiger partial charge in [0.2, 0.25) is 0 Å². The van der Waals surface area contributed by atoms with Gasteiger partial charge in [0.25, 0.3) is 0 Å². The number of aryl methyl sites for hydroxylation is 1. The Kier molecular flexibility index (Phi) is 5.23. The van der Waals surface area contributed by atoms with Gasteiger partial charge in [-0.05, 0) is 49.2 Å². The van der Waals surface area contributed by atoms with Crippen LogP contribution in [0.2, 0.25) is 0 Å². The molecule has 0 aliphatic rings. The van der Waals surface area contributed by atoms with Gasteiger partial charge in [0, 0.05) is 24.3 Å². The molecule has 3 heteroatoms. The topological polar surface area (TPSA) is 32.7 Å². The summed E-state index contributed by atoms with van der Waals surface area (Å²) < 4.78 is 5.44. The highest BCUT2D eigenvalue weighted by Gasteiger charge is 2.10. The van der Waals surface area contributed by atoms with E-state index in [1.54, 1.807) is 7.11 Å². The molecule has 0 radical (unpaired) electrons. The van der Waals surface area contributed by atoms with Crippen LogP contribution in [0, 0.1) is 6.92 Å². The van der Waals surface area contributed by atoms with Gasteiger partial charge >= 0.3 is 0 Å². The smallest absolute Gasteiger partial charge is 0.123 e. The van der Waals surface area contributed by atoms with Crippen LogP contribution in [-0.2, 0) is 13.2 Å². The van der Waals surface area contributed by atoms with Crippen LogP contribution in [0.4, 0.5) is 5.69 Å². The van der Waals surface area contributed by atoms with Gasteiger partial charge < -0.3 is 14.7 Å². The third-order valence-electron chi connectivity index (χ3n) is 3.64. The monoisotopic (exact) mass is 285 g/mol. The number of hydrogen-bond donors (Lipinski definition) is 1. The molecule has 0 bridgehead atoms. The minimum absolute atomic E-state index is 0.0492. The molecule has 0 heterocycles. The number of hydrogen-bond acceptors (Lipinski definition) is 3. The van der Waals surface area contributed by atoms with E-state index in [4.69, 9.17) is 4.74 Å². The lowest BCUT2D eigenvalue weighted by molar-refractivity contribution is 0.281. The van der Waals surface area contributed by atoms with Gasteiger partial charge in [-0.3, -0.25) is 0 Å². The summed E-state index contributed by atoms with van der Waals surface area (Å²) in [4.78, 5) is 2.30. The van der Waals surface area contributed by atoms with E-state index in [-0.39, 0.29) is 6.61 Å². The van der Waals surface area contributed by atoms with E-state index in [1.165, 1.54) is 11.3 Å². The number of methoxy groups -OCH3 is 1. The van der Waals surface area contributed by atoms with Crippen LogP contribution in [-0.4, -0.2) is 18.8 Å². The molecule has 1 N–H and O–H groups in total. The summed E-state index contributed by atoms with van der Waals surface area (Å²) in [5, 5.41) is 9.32. The van der Waals surface area contributed by atoms with E-state index < -0.39 is 0 Å². The molecular formula is C18H23NO2. The van der Waals surface area contributed by atoms with Gasteiger partial charge in [0.1, 0.15) is 5.75 Å². The van der Waals surface area contributed by atoms with Crippen LogP contribution in [0.1, 0.15) is 23.6 Å². The Bertz CT molecular complexity index is 596. The zero-order chi connectivity index (χ0) is 15.2. The number of nitrogens with zero attached hydrogens (tertiary/aromatic N) is 1. The van der Waals surface area contributed by atoms with Crippen LogP contribution in [0.5, 0.6) is 5.75 Å². The van der Waals surface area contributed by atoms with Gasteiger partial charge in [-0.1, -0.05) is 18.2 Å². The van der Waals surface area contributed by atoms with Crippen LogP contribution in [0.25, 0.3) is 0 Å². The average Bonchev–Trinajstić information content (AvgIpc) is 2.52.